The number of alkyl halides is 3. The third-order valence-corrected chi connectivity index (χ3v) is 5.57. The lowest BCUT2D eigenvalue weighted by Crippen LogP contribution is -2.30. The normalized spacial score (nSPS) is 12.5. The Morgan fingerprint density at radius 2 is 1.84 bits per heavy atom. The van der Waals surface area contributed by atoms with Gasteiger partial charge in [0, 0.05) is 18.7 Å². The van der Waals surface area contributed by atoms with Crippen LogP contribution in [0.5, 0.6) is 0 Å². The van der Waals surface area contributed by atoms with Crippen LogP contribution in [0.4, 0.5) is 17.6 Å². The van der Waals surface area contributed by atoms with Gasteiger partial charge in [0.25, 0.3) is 0 Å². The zero-order valence-corrected chi connectivity index (χ0v) is 18.2. The van der Waals surface area contributed by atoms with Crippen LogP contribution in [0, 0.1) is 12.7 Å². The Balaban J connectivity index is 2.02. The van der Waals surface area contributed by atoms with Crippen molar-refractivity contribution in [1.29, 1.82) is 0 Å². The van der Waals surface area contributed by atoms with E-state index in [9.17, 15) is 26.0 Å². The maximum Gasteiger partial charge on any atom is 0.401 e. The van der Waals surface area contributed by atoms with E-state index < -0.39 is 33.5 Å². The first-order valence-electron chi connectivity index (χ1n) is 9.53. The largest absolute Gasteiger partial charge is 0.401 e. The number of aryl methyl sites for hydroxylation is 1. The van der Waals surface area contributed by atoms with Crippen LogP contribution in [0.3, 0.4) is 0 Å². The number of nitrogens with zero attached hydrogens (tertiary/aromatic N) is 3. The molecule has 1 heterocycles. The van der Waals surface area contributed by atoms with Crippen LogP contribution < -0.4 is 5.14 Å². The lowest BCUT2D eigenvalue weighted by molar-refractivity contribution is -0.144. The van der Waals surface area contributed by atoms with E-state index in [-0.39, 0.29) is 12.2 Å². The van der Waals surface area contributed by atoms with Gasteiger partial charge in [-0.2, -0.15) is 18.3 Å². The molecule has 0 unspecified atom stereocenters. The van der Waals surface area contributed by atoms with E-state index in [0.717, 1.165) is 28.2 Å². The molecule has 2 N–H and O–H groups in total. The minimum Gasteiger partial charge on any atom is -0.292 e. The molecule has 3 rings (SSSR count). The summed E-state index contributed by atoms with van der Waals surface area (Å²) in [5.41, 5.74) is 2.73. The maximum atomic E-state index is 14.8. The van der Waals surface area contributed by atoms with Gasteiger partial charge in [-0.3, -0.25) is 4.90 Å². The number of aromatic nitrogens is 2. The van der Waals surface area contributed by atoms with Gasteiger partial charge in [-0.15, -0.1) is 0 Å². The number of benzene rings is 2. The second kappa shape index (κ2) is 9.00. The van der Waals surface area contributed by atoms with E-state index in [2.05, 4.69) is 5.10 Å². The molecule has 6 nitrogen and oxygen atoms in total. The molecule has 0 aliphatic rings. The fraction of sp³-hybridized carbons (Fsp3) is 0.286. The monoisotopic (exact) mass is 470 g/mol. The highest BCUT2D eigenvalue weighted by atomic mass is 32.2. The summed E-state index contributed by atoms with van der Waals surface area (Å²) in [5.74, 6) is -0.875. The minimum absolute atomic E-state index is 0.0372. The Hall–Kier alpha value is -2.76. The molecule has 3 aromatic rings. The molecule has 0 amide bonds. The number of hydrogen-bond acceptors (Lipinski definition) is 4. The van der Waals surface area contributed by atoms with Gasteiger partial charge >= 0.3 is 6.18 Å². The van der Waals surface area contributed by atoms with Gasteiger partial charge in [0.05, 0.1) is 17.1 Å². The topological polar surface area (TPSA) is 81.2 Å². The summed E-state index contributed by atoms with van der Waals surface area (Å²) in [4.78, 5) is 0.667. The smallest absolute Gasteiger partial charge is 0.292 e. The van der Waals surface area contributed by atoms with Gasteiger partial charge < -0.3 is 0 Å². The zero-order valence-electron chi connectivity index (χ0n) is 17.4. The Morgan fingerprint density at radius 3 is 2.44 bits per heavy atom. The molecule has 0 atom stereocenters. The van der Waals surface area contributed by atoms with Crippen LogP contribution in [-0.2, 0) is 23.0 Å². The molecule has 172 valence electrons. The summed E-state index contributed by atoms with van der Waals surface area (Å²) in [6.07, 6.45) is -4.02. The number of hydrogen-bond donors (Lipinski definition) is 1. The van der Waals surface area contributed by atoms with Gasteiger partial charge in [-0.25, -0.2) is 22.6 Å². The Kier molecular flexibility index (Phi) is 6.72. The average Bonchev–Trinajstić information content (AvgIpc) is 3.00. The molecular formula is C21H22F4N4O2S. The molecule has 0 aliphatic heterocycles. The van der Waals surface area contributed by atoms with Gasteiger partial charge in [0.15, 0.2) is 0 Å². The standard InChI is InChI=1S/C21H22F4N4O2S/c1-14-4-3-5-15(8-14)9-17-10-16(12-28(2)13-21(23,24)25)27-29(17)20-7-6-18(11-19(20)22)32(26,30)31/h3-8,10-11H,9,12-13H2,1-2H3,(H2,26,30,31). The van der Waals surface area contributed by atoms with Crippen molar-refractivity contribution in [2.75, 3.05) is 13.6 Å². The molecule has 0 saturated heterocycles. The summed E-state index contributed by atoms with van der Waals surface area (Å²) < 4.78 is 77.2. The van der Waals surface area contributed by atoms with E-state index in [1.54, 1.807) is 6.07 Å². The van der Waals surface area contributed by atoms with Crippen molar-refractivity contribution in [2.24, 2.45) is 5.14 Å². The van der Waals surface area contributed by atoms with Crippen LogP contribution in [0.2, 0.25) is 0 Å². The molecule has 11 heteroatoms. The molecule has 0 fully saturated rings. The van der Waals surface area contributed by atoms with Crippen molar-refractivity contribution >= 4 is 10.0 Å². The summed E-state index contributed by atoms with van der Waals surface area (Å²) in [7, 11) is -2.78. The van der Waals surface area contributed by atoms with Crippen molar-refractivity contribution < 1.29 is 26.0 Å². The molecule has 0 spiro atoms. The number of nitrogens with two attached hydrogens (primary N) is 1. The maximum absolute atomic E-state index is 14.8. The quantitative estimate of drug-likeness (QED) is 0.536. The summed E-state index contributed by atoms with van der Waals surface area (Å²) in [5, 5.41) is 9.36. The Labute approximate surface area is 183 Å². The highest BCUT2D eigenvalue weighted by Crippen LogP contribution is 2.23. The fourth-order valence-electron chi connectivity index (χ4n) is 3.39. The van der Waals surface area contributed by atoms with Gasteiger partial charge in [0.2, 0.25) is 10.0 Å². The molecule has 2 aromatic carbocycles. The molecule has 32 heavy (non-hydrogen) atoms. The third-order valence-electron chi connectivity index (χ3n) is 4.66. The van der Waals surface area contributed by atoms with E-state index in [4.69, 9.17) is 5.14 Å². The van der Waals surface area contributed by atoms with Crippen molar-refractivity contribution in [3.8, 4) is 5.69 Å². The highest BCUT2D eigenvalue weighted by Gasteiger charge is 2.29. The van der Waals surface area contributed by atoms with Crippen LogP contribution in [-0.4, -0.2) is 42.9 Å². The predicted octanol–water partition coefficient (Wildman–Crippen LogP) is 3.55. The minimum atomic E-state index is -4.36. The van der Waals surface area contributed by atoms with Gasteiger partial charge in [-0.05, 0) is 43.8 Å². The fourth-order valence-corrected chi connectivity index (χ4v) is 3.92. The first-order chi connectivity index (χ1) is 14.8. The molecule has 0 bridgehead atoms. The number of halogens is 4. The number of sulfonamides is 1. The van der Waals surface area contributed by atoms with E-state index in [1.807, 2.05) is 31.2 Å². The summed E-state index contributed by atoms with van der Waals surface area (Å²) in [6.45, 7) is 0.693. The van der Waals surface area contributed by atoms with Crippen molar-refractivity contribution in [1.82, 2.24) is 14.7 Å². The van der Waals surface area contributed by atoms with Crippen LogP contribution in [0.25, 0.3) is 5.69 Å². The summed E-state index contributed by atoms with van der Waals surface area (Å²) >= 11 is 0. The van der Waals surface area contributed by atoms with Crippen LogP contribution >= 0.6 is 0 Å². The van der Waals surface area contributed by atoms with E-state index in [0.29, 0.717) is 17.8 Å². The molecular weight excluding hydrogens is 448 g/mol. The SMILES string of the molecule is Cc1cccc(Cc2cc(CN(C)CC(F)(F)F)nn2-c2ccc(S(N)(=O)=O)cc2F)c1. The van der Waals surface area contributed by atoms with Crippen molar-refractivity contribution in [2.45, 2.75) is 31.0 Å². The number of primary sulfonamides is 1. The Morgan fingerprint density at radius 1 is 1.12 bits per heavy atom. The van der Waals surface area contributed by atoms with Gasteiger partial charge in [0.1, 0.15) is 11.5 Å². The lowest BCUT2D eigenvalue weighted by atomic mass is 10.1. The Bertz CT molecular complexity index is 1220. The second-order valence-corrected chi connectivity index (χ2v) is 9.21. The lowest BCUT2D eigenvalue weighted by Gasteiger charge is -2.17. The molecule has 0 aliphatic carbocycles. The van der Waals surface area contributed by atoms with E-state index in [1.165, 1.54) is 17.8 Å². The van der Waals surface area contributed by atoms with E-state index >= 15 is 0 Å². The highest BCUT2D eigenvalue weighted by molar-refractivity contribution is 7.89. The van der Waals surface area contributed by atoms with Crippen molar-refractivity contribution in [3.05, 3.63) is 76.9 Å². The van der Waals surface area contributed by atoms with Crippen molar-refractivity contribution in [3.63, 3.8) is 0 Å². The molecule has 0 saturated carbocycles. The molecule has 0 radical (unpaired) electrons. The van der Waals surface area contributed by atoms with Gasteiger partial charge in [-0.1, -0.05) is 29.8 Å². The third kappa shape index (κ3) is 6.15. The second-order valence-electron chi connectivity index (χ2n) is 7.65. The summed E-state index contributed by atoms with van der Waals surface area (Å²) in [6, 6.07) is 12.4. The first kappa shape index (κ1) is 23.9. The van der Waals surface area contributed by atoms with Crippen LogP contribution in [0.1, 0.15) is 22.5 Å². The first-order valence-corrected chi connectivity index (χ1v) is 11.1. The molecule has 1 aromatic heterocycles. The van der Waals surface area contributed by atoms with Crippen LogP contribution in [0.15, 0.2) is 53.4 Å². The predicted molar refractivity (Wildman–Crippen MR) is 111 cm³/mol. The average molecular weight is 470 g/mol. The number of rotatable bonds is 7. The zero-order chi connectivity index (χ0) is 23.7.